The van der Waals surface area contributed by atoms with Crippen LogP contribution in [0.3, 0.4) is 0 Å². The second kappa shape index (κ2) is 8.15. The third kappa shape index (κ3) is 4.82. The molecule has 0 aromatic carbocycles. The van der Waals surface area contributed by atoms with E-state index in [4.69, 9.17) is 10.8 Å². The van der Waals surface area contributed by atoms with Crippen LogP contribution in [0.25, 0.3) is 0 Å². The highest BCUT2D eigenvalue weighted by Gasteiger charge is 2.32. The molecule has 110 valence electrons. The Morgan fingerprint density at radius 1 is 1.37 bits per heavy atom. The molecular weight excluding hydrogens is 244 g/mol. The number of carbonyl (C=O) groups is 2. The fraction of sp³-hybridized carbons (Fsp3) is 0.857. The Labute approximate surface area is 114 Å². The second-order valence-electron chi connectivity index (χ2n) is 5.43. The predicted octanol–water partition coefficient (Wildman–Crippen LogP) is 1.51. The maximum Gasteiger partial charge on any atom is 0.326 e. The molecule has 0 radical (unpaired) electrons. The first-order chi connectivity index (χ1) is 9.10. The van der Waals surface area contributed by atoms with E-state index in [-0.39, 0.29) is 17.7 Å². The van der Waals surface area contributed by atoms with Gasteiger partial charge in [0, 0.05) is 5.92 Å². The maximum atomic E-state index is 12.2. The van der Waals surface area contributed by atoms with Crippen LogP contribution in [-0.4, -0.2) is 29.6 Å². The average Bonchev–Trinajstić information content (AvgIpc) is 2.42. The van der Waals surface area contributed by atoms with Crippen LogP contribution < -0.4 is 11.1 Å². The van der Waals surface area contributed by atoms with Gasteiger partial charge in [0.05, 0.1) is 0 Å². The van der Waals surface area contributed by atoms with Crippen molar-refractivity contribution in [1.29, 1.82) is 0 Å². The zero-order valence-electron chi connectivity index (χ0n) is 11.7. The molecule has 5 nitrogen and oxygen atoms in total. The lowest BCUT2D eigenvalue weighted by atomic mass is 9.78. The van der Waals surface area contributed by atoms with Crippen molar-refractivity contribution < 1.29 is 14.7 Å². The molecule has 1 rings (SSSR count). The summed E-state index contributed by atoms with van der Waals surface area (Å²) in [5.41, 5.74) is 5.71. The molecule has 1 fully saturated rings. The van der Waals surface area contributed by atoms with E-state index in [0.29, 0.717) is 13.0 Å². The van der Waals surface area contributed by atoms with Gasteiger partial charge in [-0.05, 0) is 31.7 Å². The first-order valence-electron chi connectivity index (χ1n) is 7.33. The molecule has 1 aliphatic carbocycles. The van der Waals surface area contributed by atoms with Crippen LogP contribution in [0.1, 0.15) is 51.9 Å². The van der Waals surface area contributed by atoms with Crippen molar-refractivity contribution in [3.05, 3.63) is 0 Å². The zero-order chi connectivity index (χ0) is 14.3. The lowest BCUT2D eigenvalue weighted by molar-refractivity contribution is -0.143. The molecular formula is C14H26N2O3. The Kier molecular flexibility index (Phi) is 6.84. The average molecular weight is 270 g/mol. The summed E-state index contributed by atoms with van der Waals surface area (Å²) < 4.78 is 0. The summed E-state index contributed by atoms with van der Waals surface area (Å²) in [6, 6.07) is -0.757. The summed E-state index contributed by atoms with van der Waals surface area (Å²) in [5, 5.41) is 11.8. The number of hydrogen-bond donors (Lipinski definition) is 3. The smallest absolute Gasteiger partial charge is 0.326 e. The van der Waals surface area contributed by atoms with Crippen molar-refractivity contribution in [2.45, 2.75) is 57.9 Å². The van der Waals surface area contributed by atoms with Gasteiger partial charge in [-0.1, -0.05) is 32.6 Å². The molecule has 19 heavy (non-hydrogen) atoms. The second-order valence-corrected chi connectivity index (χ2v) is 5.43. The van der Waals surface area contributed by atoms with Gasteiger partial charge in [-0.2, -0.15) is 0 Å². The SMILES string of the molecule is CCCCC(NC(=O)C1CCCCC1CN)C(=O)O. The molecule has 4 N–H and O–H groups in total. The number of carbonyl (C=O) groups excluding carboxylic acids is 1. The van der Waals surface area contributed by atoms with Gasteiger partial charge in [0.1, 0.15) is 6.04 Å². The number of unbranched alkanes of at least 4 members (excludes halogenated alkanes) is 1. The number of rotatable bonds is 7. The van der Waals surface area contributed by atoms with Crippen LogP contribution in [-0.2, 0) is 9.59 Å². The zero-order valence-corrected chi connectivity index (χ0v) is 11.7. The summed E-state index contributed by atoms with van der Waals surface area (Å²) in [4.78, 5) is 23.4. The number of amides is 1. The molecule has 0 spiro atoms. The molecule has 0 heterocycles. The van der Waals surface area contributed by atoms with Crippen molar-refractivity contribution in [1.82, 2.24) is 5.32 Å². The minimum Gasteiger partial charge on any atom is -0.480 e. The van der Waals surface area contributed by atoms with Crippen LogP contribution in [0.4, 0.5) is 0 Å². The Balaban J connectivity index is 2.56. The molecule has 0 aliphatic heterocycles. The molecule has 5 heteroatoms. The van der Waals surface area contributed by atoms with Gasteiger partial charge in [0.25, 0.3) is 0 Å². The predicted molar refractivity (Wildman–Crippen MR) is 73.6 cm³/mol. The molecule has 3 unspecified atom stereocenters. The number of hydrogen-bond acceptors (Lipinski definition) is 3. The normalized spacial score (nSPS) is 24.7. The van der Waals surface area contributed by atoms with Gasteiger partial charge in [-0.15, -0.1) is 0 Å². The van der Waals surface area contributed by atoms with E-state index in [0.717, 1.165) is 38.5 Å². The highest BCUT2D eigenvalue weighted by Crippen LogP contribution is 2.29. The van der Waals surface area contributed by atoms with Crippen LogP contribution in [0.15, 0.2) is 0 Å². The fourth-order valence-corrected chi connectivity index (χ4v) is 2.78. The number of nitrogens with two attached hydrogens (primary N) is 1. The van der Waals surface area contributed by atoms with E-state index < -0.39 is 12.0 Å². The van der Waals surface area contributed by atoms with Gasteiger partial charge in [0.15, 0.2) is 0 Å². The number of aliphatic carboxylic acids is 1. The van der Waals surface area contributed by atoms with Gasteiger partial charge >= 0.3 is 5.97 Å². The van der Waals surface area contributed by atoms with Crippen molar-refractivity contribution in [2.24, 2.45) is 17.6 Å². The van der Waals surface area contributed by atoms with Gasteiger partial charge < -0.3 is 16.2 Å². The first kappa shape index (κ1) is 16.0. The van der Waals surface area contributed by atoms with E-state index in [1.807, 2.05) is 6.92 Å². The van der Waals surface area contributed by atoms with E-state index in [1.165, 1.54) is 0 Å². The molecule has 1 amide bonds. The van der Waals surface area contributed by atoms with E-state index in [9.17, 15) is 9.59 Å². The minimum atomic E-state index is -0.943. The standard InChI is InChI=1S/C14H26N2O3/c1-2-3-8-12(14(18)19)16-13(17)11-7-5-4-6-10(11)9-15/h10-12H,2-9,15H2,1H3,(H,16,17)(H,18,19). The molecule has 0 bridgehead atoms. The lowest BCUT2D eigenvalue weighted by Crippen LogP contribution is -2.46. The fourth-order valence-electron chi connectivity index (χ4n) is 2.78. The highest BCUT2D eigenvalue weighted by molar-refractivity contribution is 5.85. The van der Waals surface area contributed by atoms with E-state index >= 15 is 0 Å². The number of carboxylic acids is 1. The number of nitrogens with one attached hydrogen (secondary N) is 1. The van der Waals surface area contributed by atoms with Crippen molar-refractivity contribution in [3.63, 3.8) is 0 Å². The molecule has 0 aromatic heterocycles. The van der Waals surface area contributed by atoms with Crippen LogP contribution in [0.5, 0.6) is 0 Å². The van der Waals surface area contributed by atoms with Crippen molar-refractivity contribution >= 4 is 11.9 Å². The van der Waals surface area contributed by atoms with E-state index in [1.54, 1.807) is 0 Å². The number of carboxylic acid groups (broad SMARTS) is 1. The highest BCUT2D eigenvalue weighted by atomic mass is 16.4. The largest absolute Gasteiger partial charge is 0.480 e. The summed E-state index contributed by atoms with van der Waals surface area (Å²) in [5.74, 6) is -0.975. The molecule has 1 aliphatic rings. The summed E-state index contributed by atoms with van der Waals surface area (Å²) in [7, 11) is 0. The van der Waals surface area contributed by atoms with Gasteiger partial charge in [-0.25, -0.2) is 4.79 Å². The monoisotopic (exact) mass is 270 g/mol. The lowest BCUT2D eigenvalue weighted by Gasteiger charge is -2.30. The van der Waals surface area contributed by atoms with Crippen LogP contribution >= 0.6 is 0 Å². The third-order valence-electron chi connectivity index (χ3n) is 4.01. The summed E-state index contributed by atoms with van der Waals surface area (Å²) in [6.07, 6.45) is 6.18. The quantitative estimate of drug-likeness (QED) is 0.654. The summed E-state index contributed by atoms with van der Waals surface area (Å²) in [6.45, 7) is 2.51. The summed E-state index contributed by atoms with van der Waals surface area (Å²) >= 11 is 0. The molecule has 3 atom stereocenters. The van der Waals surface area contributed by atoms with Gasteiger partial charge in [-0.3, -0.25) is 4.79 Å². The molecule has 1 saturated carbocycles. The van der Waals surface area contributed by atoms with Crippen LogP contribution in [0, 0.1) is 11.8 Å². The Morgan fingerprint density at radius 3 is 2.63 bits per heavy atom. The van der Waals surface area contributed by atoms with Crippen molar-refractivity contribution in [2.75, 3.05) is 6.54 Å². The van der Waals surface area contributed by atoms with E-state index in [2.05, 4.69) is 5.32 Å². The third-order valence-corrected chi connectivity index (χ3v) is 4.01. The Hall–Kier alpha value is -1.10. The first-order valence-corrected chi connectivity index (χ1v) is 7.33. The molecule has 0 aromatic rings. The maximum absolute atomic E-state index is 12.2. The van der Waals surface area contributed by atoms with Crippen LogP contribution in [0.2, 0.25) is 0 Å². The van der Waals surface area contributed by atoms with Gasteiger partial charge in [0.2, 0.25) is 5.91 Å². The Morgan fingerprint density at radius 2 is 2.05 bits per heavy atom. The topological polar surface area (TPSA) is 92.4 Å². The van der Waals surface area contributed by atoms with Crippen molar-refractivity contribution in [3.8, 4) is 0 Å². The minimum absolute atomic E-state index is 0.109. The molecule has 0 saturated heterocycles. The Bertz CT molecular complexity index is 307.